The zero-order chi connectivity index (χ0) is 23.4. The first kappa shape index (κ1) is 23.2. The number of nitrogens with one attached hydrogen (secondary N) is 1. The maximum absolute atomic E-state index is 13.9. The Morgan fingerprint density at radius 1 is 1.19 bits per heavy atom. The highest BCUT2D eigenvalue weighted by molar-refractivity contribution is 6.34. The van der Waals surface area contributed by atoms with Gasteiger partial charge in [-0.25, -0.2) is 13.6 Å². The average molecular weight is 465 g/mol. The van der Waals surface area contributed by atoms with Crippen molar-refractivity contribution in [3.8, 4) is 0 Å². The molecule has 168 valence electrons. The van der Waals surface area contributed by atoms with Gasteiger partial charge in [-0.2, -0.15) is 0 Å². The number of ether oxygens (including phenoxy) is 1. The van der Waals surface area contributed by atoms with E-state index in [-0.39, 0.29) is 41.8 Å². The highest BCUT2D eigenvalue weighted by atomic mass is 35.5. The number of H-pyrrole nitrogens is 1. The van der Waals surface area contributed by atoms with Crippen LogP contribution in [0.25, 0.3) is 0 Å². The summed E-state index contributed by atoms with van der Waals surface area (Å²) >= 11 is 5.99. The predicted octanol–water partition coefficient (Wildman–Crippen LogP) is 2.54. The van der Waals surface area contributed by atoms with Gasteiger partial charge in [-0.15, -0.1) is 0 Å². The molecule has 11 heteroatoms. The summed E-state index contributed by atoms with van der Waals surface area (Å²) in [5.41, 5.74) is 4.29. The number of amides is 1. The van der Waals surface area contributed by atoms with Crippen LogP contribution in [0.15, 0.2) is 52.1 Å². The minimum absolute atomic E-state index is 0.00421. The number of aromatic nitrogens is 2. The van der Waals surface area contributed by atoms with E-state index in [0.717, 1.165) is 9.47 Å². The maximum Gasteiger partial charge on any atom is 0.330 e. The van der Waals surface area contributed by atoms with Crippen molar-refractivity contribution >= 4 is 29.0 Å². The highest BCUT2D eigenvalue weighted by Crippen LogP contribution is 2.26. The number of rotatable bonds is 7. The molecule has 1 aromatic heterocycles. The molecule has 0 saturated carbocycles. The Morgan fingerprint density at radius 2 is 1.84 bits per heavy atom. The van der Waals surface area contributed by atoms with Crippen LogP contribution in [-0.2, 0) is 17.8 Å². The second-order valence-corrected chi connectivity index (χ2v) is 7.17. The fraction of sp³-hybridized carbons (Fsp3) is 0.190. The van der Waals surface area contributed by atoms with E-state index in [1.807, 2.05) is 0 Å². The lowest BCUT2D eigenvalue weighted by Crippen LogP contribution is -2.41. The van der Waals surface area contributed by atoms with Crippen molar-refractivity contribution in [2.75, 3.05) is 24.4 Å². The fourth-order valence-corrected chi connectivity index (χ4v) is 3.32. The van der Waals surface area contributed by atoms with Crippen LogP contribution < -0.4 is 21.9 Å². The number of nitrogen functional groups attached to an aromatic ring is 1. The number of nitrogens with zero attached hydrogens (tertiary/aromatic N) is 2. The second kappa shape index (κ2) is 9.75. The molecule has 2 aromatic carbocycles. The molecule has 8 nitrogen and oxygen atoms in total. The third-order valence-corrected chi connectivity index (χ3v) is 4.98. The standard InChI is InChI=1S/C21H19ClF2N4O4/c1-32-8-7-27-18(25)17(19(29)26-21(27)31)28(11-12-5-3-2-4-6-12)20(30)13-9-15(23)16(24)10-14(13)22/h2-6,9-10H,7-8,11,25H2,1H3,(H,26,29,31). The smallest absolute Gasteiger partial charge is 0.330 e. The number of aromatic amines is 1. The van der Waals surface area contributed by atoms with E-state index in [9.17, 15) is 23.2 Å². The van der Waals surface area contributed by atoms with Gasteiger partial charge >= 0.3 is 5.69 Å². The van der Waals surface area contributed by atoms with Gasteiger partial charge in [-0.3, -0.25) is 24.0 Å². The van der Waals surface area contributed by atoms with Crippen LogP contribution in [0, 0.1) is 11.6 Å². The lowest BCUT2D eigenvalue weighted by molar-refractivity contribution is 0.0984. The van der Waals surface area contributed by atoms with Gasteiger partial charge in [0.2, 0.25) is 0 Å². The Labute approximate surface area is 185 Å². The van der Waals surface area contributed by atoms with Crippen molar-refractivity contribution in [2.24, 2.45) is 0 Å². The van der Waals surface area contributed by atoms with Gasteiger partial charge in [0.25, 0.3) is 11.5 Å². The number of hydrogen-bond acceptors (Lipinski definition) is 5. The minimum Gasteiger partial charge on any atom is -0.383 e. The van der Waals surface area contributed by atoms with Crippen molar-refractivity contribution in [3.05, 3.63) is 91.1 Å². The quantitative estimate of drug-likeness (QED) is 0.522. The van der Waals surface area contributed by atoms with Crippen LogP contribution in [-0.4, -0.2) is 29.2 Å². The number of benzene rings is 2. The first-order valence-electron chi connectivity index (χ1n) is 9.36. The van der Waals surface area contributed by atoms with Crippen LogP contribution in [0.3, 0.4) is 0 Å². The van der Waals surface area contributed by atoms with Crippen LogP contribution in [0.1, 0.15) is 15.9 Å². The Morgan fingerprint density at radius 3 is 2.50 bits per heavy atom. The average Bonchev–Trinajstić information content (AvgIpc) is 2.75. The summed E-state index contributed by atoms with van der Waals surface area (Å²) in [6, 6.07) is 9.89. The molecule has 0 aliphatic rings. The fourth-order valence-electron chi connectivity index (χ4n) is 3.09. The molecular formula is C21H19ClF2N4O4. The molecule has 0 radical (unpaired) electrons. The number of carbonyl (C=O) groups is 1. The molecule has 1 heterocycles. The Kier molecular flexibility index (Phi) is 7.06. The molecule has 3 aromatic rings. The SMILES string of the molecule is COCCn1c(N)c(N(Cc2ccccc2)C(=O)c2cc(F)c(F)cc2Cl)c(=O)[nH]c1=O. The second-order valence-electron chi connectivity index (χ2n) is 6.76. The summed E-state index contributed by atoms with van der Waals surface area (Å²) in [6.45, 7) is -0.0494. The van der Waals surface area contributed by atoms with Crippen LogP contribution in [0.2, 0.25) is 5.02 Å². The first-order chi connectivity index (χ1) is 15.2. The molecule has 32 heavy (non-hydrogen) atoms. The molecule has 0 fully saturated rings. The van der Waals surface area contributed by atoms with Crippen molar-refractivity contribution in [1.82, 2.24) is 9.55 Å². The molecule has 0 aliphatic carbocycles. The van der Waals surface area contributed by atoms with Gasteiger partial charge in [0.1, 0.15) is 5.82 Å². The number of hydrogen-bond donors (Lipinski definition) is 2. The Bertz CT molecular complexity index is 1260. The van der Waals surface area contributed by atoms with E-state index < -0.39 is 28.8 Å². The van der Waals surface area contributed by atoms with Crippen molar-refractivity contribution in [1.29, 1.82) is 0 Å². The number of methoxy groups -OCH3 is 1. The summed E-state index contributed by atoms with van der Waals surface area (Å²) in [4.78, 5) is 41.4. The van der Waals surface area contributed by atoms with E-state index in [0.29, 0.717) is 17.7 Å². The van der Waals surface area contributed by atoms with Crippen molar-refractivity contribution in [3.63, 3.8) is 0 Å². The van der Waals surface area contributed by atoms with Crippen LogP contribution in [0.4, 0.5) is 20.3 Å². The zero-order valence-corrected chi connectivity index (χ0v) is 17.7. The largest absolute Gasteiger partial charge is 0.383 e. The van der Waals surface area contributed by atoms with Gasteiger partial charge in [0.05, 0.1) is 30.3 Å². The summed E-state index contributed by atoms with van der Waals surface area (Å²) in [6.07, 6.45) is 0. The third-order valence-electron chi connectivity index (χ3n) is 4.67. The molecule has 3 N–H and O–H groups in total. The summed E-state index contributed by atoms with van der Waals surface area (Å²) in [5.74, 6) is -3.72. The van der Waals surface area contributed by atoms with Crippen LogP contribution in [0.5, 0.6) is 0 Å². The molecule has 0 aliphatic heterocycles. The van der Waals surface area contributed by atoms with Gasteiger partial charge in [-0.1, -0.05) is 41.9 Å². The van der Waals surface area contributed by atoms with Crippen molar-refractivity contribution < 1.29 is 18.3 Å². The van der Waals surface area contributed by atoms with E-state index in [2.05, 4.69) is 4.98 Å². The number of anilines is 2. The molecule has 0 unspecified atom stereocenters. The molecule has 3 rings (SSSR count). The molecule has 0 bridgehead atoms. The molecule has 0 spiro atoms. The Hall–Kier alpha value is -3.50. The van der Waals surface area contributed by atoms with E-state index in [1.165, 1.54) is 7.11 Å². The van der Waals surface area contributed by atoms with E-state index in [4.69, 9.17) is 22.1 Å². The van der Waals surface area contributed by atoms with Gasteiger partial charge in [0.15, 0.2) is 17.3 Å². The monoisotopic (exact) mass is 464 g/mol. The molecule has 1 amide bonds. The summed E-state index contributed by atoms with van der Waals surface area (Å²) in [7, 11) is 1.42. The minimum atomic E-state index is -1.29. The third kappa shape index (κ3) is 4.71. The zero-order valence-electron chi connectivity index (χ0n) is 16.9. The molecular weight excluding hydrogens is 446 g/mol. The van der Waals surface area contributed by atoms with Gasteiger partial charge in [0, 0.05) is 7.11 Å². The first-order valence-corrected chi connectivity index (χ1v) is 9.74. The number of halogens is 3. The maximum atomic E-state index is 13.9. The Balaban J connectivity index is 2.20. The topological polar surface area (TPSA) is 110 Å². The van der Waals surface area contributed by atoms with Crippen LogP contribution >= 0.6 is 11.6 Å². The van der Waals surface area contributed by atoms with Gasteiger partial charge in [-0.05, 0) is 17.7 Å². The van der Waals surface area contributed by atoms with Gasteiger partial charge < -0.3 is 10.5 Å². The summed E-state index contributed by atoms with van der Waals surface area (Å²) in [5, 5.41) is -0.352. The molecule has 0 atom stereocenters. The normalized spacial score (nSPS) is 10.9. The highest BCUT2D eigenvalue weighted by Gasteiger charge is 2.28. The van der Waals surface area contributed by atoms with E-state index >= 15 is 0 Å². The number of nitrogens with two attached hydrogens (primary N) is 1. The predicted molar refractivity (Wildman–Crippen MR) is 116 cm³/mol. The summed E-state index contributed by atoms with van der Waals surface area (Å²) < 4.78 is 33.4. The van der Waals surface area contributed by atoms with Crippen molar-refractivity contribution in [2.45, 2.75) is 13.1 Å². The lowest BCUT2D eigenvalue weighted by Gasteiger charge is -2.25. The molecule has 0 saturated heterocycles. The van der Waals surface area contributed by atoms with E-state index in [1.54, 1.807) is 30.3 Å². The number of carbonyl (C=O) groups excluding carboxylic acids is 1. The lowest BCUT2D eigenvalue weighted by atomic mass is 10.1.